The maximum absolute atomic E-state index is 9.00. The minimum atomic E-state index is -0.833. The smallest absolute Gasteiger partial charge is 0.300 e. The molecule has 0 spiro atoms. The lowest BCUT2D eigenvalue weighted by Crippen LogP contribution is -2.21. The van der Waals surface area contributed by atoms with Gasteiger partial charge in [0.1, 0.15) is 0 Å². The molecule has 0 aromatic carbocycles. The Morgan fingerprint density at radius 1 is 1.07 bits per heavy atom. The van der Waals surface area contributed by atoms with E-state index in [1.165, 1.54) is 19.6 Å². The van der Waals surface area contributed by atoms with Crippen molar-refractivity contribution >= 4 is 5.97 Å². The summed E-state index contributed by atoms with van der Waals surface area (Å²) in [6.07, 6.45) is 0. The van der Waals surface area contributed by atoms with Crippen molar-refractivity contribution in [3.05, 3.63) is 0 Å². The molecule has 88 valence electrons. The predicted molar refractivity (Wildman–Crippen MR) is 59.5 cm³/mol. The highest BCUT2D eigenvalue weighted by Crippen LogP contribution is 1.81. The van der Waals surface area contributed by atoms with Gasteiger partial charge in [0.2, 0.25) is 0 Å². The maximum atomic E-state index is 9.00. The standard InChI is InChI=1S/C6H15N.C2H4O2.C2H6O/c1-4-7(5-2)6-3;1-2(3)4;1-2-3/h4-6H2,1-3H3;1H3,(H,3,4);3H,2H2,1H3. The SMILES string of the molecule is CC(=O)O.CCN(CC)CC.CCO. The number of aliphatic carboxylic acids is 1. The largest absolute Gasteiger partial charge is 0.481 e. The molecule has 0 unspecified atom stereocenters. The number of carbonyl (C=O) groups is 1. The average molecular weight is 207 g/mol. The van der Waals surface area contributed by atoms with E-state index in [1.807, 2.05) is 0 Å². The summed E-state index contributed by atoms with van der Waals surface area (Å²) < 4.78 is 0. The molecule has 4 heteroatoms. The second-order valence-electron chi connectivity index (χ2n) is 2.45. The Labute approximate surface area is 87.5 Å². The molecular weight excluding hydrogens is 182 g/mol. The first-order valence-electron chi connectivity index (χ1n) is 5.02. The zero-order valence-corrected chi connectivity index (χ0v) is 10.1. The fraction of sp³-hybridized carbons (Fsp3) is 0.900. The highest BCUT2D eigenvalue weighted by molar-refractivity contribution is 5.62. The van der Waals surface area contributed by atoms with Gasteiger partial charge in [-0.05, 0) is 26.6 Å². The molecule has 0 aliphatic rings. The van der Waals surface area contributed by atoms with E-state index < -0.39 is 5.97 Å². The number of rotatable bonds is 3. The molecule has 0 aromatic heterocycles. The molecule has 0 radical (unpaired) electrons. The molecule has 4 nitrogen and oxygen atoms in total. The van der Waals surface area contributed by atoms with E-state index in [-0.39, 0.29) is 6.61 Å². The van der Waals surface area contributed by atoms with Crippen LogP contribution < -0.4 is 0 Å². The van der Waals surface area contributed by atoms with Crippen molar-refractivity contribution in [1.29, 1.82) is 0 Å². The van der Waals surface area contributed by atoms with Crippen molar-refractivity contribution in [3.8, 4) is 0 Å². The van der Waals surface area contributed by atoms with Crippen LogP contribution in [-0.4, -0.2) is 47.3 Å². The number of nitrogens with zero attached hydrogens (tertiary/aromatic N) is 1. The highest BCUT2D eigenvalue weighted by Gasteiger charge is 1.89. The second-order valence-corrected chi connectivity index (χ2v) is 2.45. The summed E-state index contributed by atoms with van der Waals surface area (Å²) in [5.41, 5.74) is 0. The first-order chi connectivity index (χ1) is 6.49. The molecule has 0 aromatic rings. The summed E-state index contributed by atoms with van der Waals surface area (Å²) in [5.74, 6) is -0.833. The molecule has 0 atom stereocenters. The summed E-state index contributed by atoms with van der Waals surface area (Å²) in [6, 6.07) is 0. The summed E-state index contributed by atoms with van der Waals surface area (Å²) >= 11 is 0. The third-order valence-corrected chi connectivity index (χ3v) is 1.34. The third-order valence-electron chi connectivity index (χ3n) is 1.34. The van der Waals surface area contributed by atoms with Gasteiger partial charge in [-0.15, -0.1) is 0 Å². The van der Waals surface area contributed by atoms with E-state index in [4.69, 9.17) is 15.0 Å². The zero-order valence-electron chi connectivity index (χ0n) is 10.1. The Morgan fingerprint density at radius 2 is 1.21 bits per heavy atom. The number of hydrogen-bond acceptors (Lipinski definition) is 3. The first-order valence-corrected chi connectivity index (χ1v) is 5.02. The van der Waals surface area contributed by atoms with Gasteiger partial charge < -0.3 is 15.1 Å². The fourth-order valence-corrected chi connectivity index (χ4v) is 0.671. The van der Waals surface area contributed by atoms with E-state index in [2.05, 4.69) is 25.7 Å². The third kappa shape index (κ3) is 42.3. The van der Waals surface area contributed by atoms with E-state index in [1.54, 1.807) is 6.92 Å². The summed E-state index contributed by atoms with van der Waals surface area (Å²) in [7, 11) is 0. The Hall–Kier alpha value is -0.610. The molecule has 14 heavy (non-hydrogen) atoms. The van der Waals surface area contributed by atoms with E-state index in [9.17, 15) is 0 Å². The van der Waals surface area contributed by atoms with Gasteiger partial charge in [0, 0.05) is 13.5 Å². The van der Waals surface area contributed by atoms with Crippen LogP contribution in [0.3, 0.4) is 0 Å². The van der Waals surface area contributed by atoms with Gasteiger partial charge in [-0.3, -0.25) is 4.79 Å². The minimum absolute atomic E-state index is 0.250. The molecule has 0 amide bonds. The van der Waals surface area contributed by atoms with Gasteiger partial charge >= 0.3 is 0 Å². The van der Waals surface area contributed by atoms with Crippen LogP contribution in [-0.2, 0) is 4.79 Å². The highest BCUT2D eigenvalue weighted by atomic mass is 16.4. The van der Waals surface area contributed by atoms with E-state index >= 15 is 0 Å². The van der Waals surface area contributed by atoms with Crippen LogP contribution in [0, 0.1) is 0 Å². The number of aliphatic hydroxyl groups excluding tert-OH is 1. The van der Waals surface area contributed by atoms with Crippen LogP contribution >= 0.6 is 0 Å². The average Bonchev–Trinajstić information content (AvgIpc) is 2.08. The minimum Gasteiger partial charge on any atom is -0.481 e. The molecule has 0 aliphatic heterocycles. The van der Waals surface area contributed by atoms with Crippen molar-refractivity contribution in [1.82, 2.24) is 4.90 Å². The van der Waals surface area contributed by atoms with Crippen LogP contribution in [0.1, 0.15) is 34.6 Å². The second kappa shape index (κ2) is 18.2. The van der Waals surface area contributed by atoms with Crippen LogP contribution in [0.5, 0.6) is 0 Å². The van der Waals surface area contributed by atoms with Gasteiger partial charge in [-0.1, -0.05) is 20.8 Å². The topological polar surface area (TPSA) is 60.8 Å². The van der Waals surface area contributed by atoms with Gasteiger partial charge in [-0.2, -0.15) is 0 Å². The zero-order chi connectivity index (χ0) is 12.0. The normalized spacial score (nSPS) is 8.21. The number of carboxylic acids is 1. The maximum Gasteiger partial charge on any atom is 0.300 e. The van der Waals surface area contributed by atoms with Gasteiger partial charge in [0.25, 0.3) is 5.97 Å². The van der Waals surface area contributed by atoms with Crippen molar-refractivity contribution in [2.75, 3.05) is 26.2 Å². The van der Waals surface area contributed by atoms with Gasteiger partial charge in [-0.25, -0.2) is 0 Å². The summed E-state index contributed by atoms with van der Waals surface area (Å²) in [6.45, 7) is 13.1. The molecule has 0 aliphatic carbocycles. The van der Waals surface area contributed by atoms with E-state index in [0.29, 0.717) is 0 Å². The Bertz CT molecular complexity index is 94.0. The van der Waals surface area contributed by atoms with Crippen LogP contribution in [0.2, 0.25) is 0 Å². The molecule has 0 rings (SSSR count). The summed E-state index contributed by atoms with van der Waals surface area (Å²) in [5, 5.41) is 15.0. The quantitative estimate of drug-likeness (QED) is 0.735. The first kappa shape index (κ1) is 19.0. The lowest BCUT2D eigenvalue weighted by atomic mass is 10.5. The lowest BCUT2D eigenvalue weighted by Gasteiger charge is -2.13. The molecular formula is C10H25NO3. The lowest BCUT2D eigenvalue weighted by molar-refractivity contribution is -0.134. The molecule has 0 saturated heterocycles. The van der Waals surface area contributed by atoms with Crippen LogP contribution in [0.15, 0.2) is 0 Å². The summed E-state index contributed by atoms with van der Waals surface area (Å²) in [4.78, 5) is 11.4. The Morgan fingerprint density at radius 3 is 1.21 bits per heavy atom. The van der Waals surface area contributed by atoms with Crippen molar-refractivity contribution in [2.24, 2.45) is 0 Å². The van der Waals surface area contributed by atoms with Crippen molar-refractivity contribution in [2.45, 2.75) is 34.6 Å². The number of aliphatic hydroxyl groups is 1. The Kier molecular flexibility index (Phi) is 24.8. The molecule has 0 bridgehead atoms. The Balaban J connectivity index is -0.000000147. The van der Waals surface area contributed by atoms with Crippen LogP contribution in [0.25, 0.3) is 0 Å². The fourth-order valence-electron chi connectivity index (χ4n) is 0.671. The predicted octanol–water partition coefficient (Wildman–Crippen LogP) is 1.44. The number of hydrogen-bond donors (Lipinski definition) is 2. The van der Waals surface area contributed by atoms with Gasteiger partial charge in [0.05, 0.1) is 0 Å². The van der Waals surface area contributed by atoms with Crippen molar-refractivity contribution in [3.63, 3.8) is 0 Å². The van der Waals surface area contributed by atoms with Crippen LogP contribution in [0.4, 0.5) is 0 Å². The molecule has 0 saturated carbocycles. The number of carboxylic acid groups (broad SMARTS) is 1. The molecule has 0 fully saturated rings. The molecule has 2 N–H and O–H groups in total. The van der Waals surface area contributed by atoms with E-state index in [0.717, 1.165) is 6.92 Å². The van der Waals surface area contributed by atoms with Gasteiger partial charge in [0.15, 0.2) is 0 Å². The van der Waals surface area contributed by atoms with Crippen molar-refractivity contribution < 1.29 is 15.0 Å². The monoisotopic (exact) mass is 207 g/mol. The molecule has 0 heterocycles.